The smallest absolute Gasteiger partial charge is 0.870 e. The number of halogens is 2. The van der Waals surface area contributed by atoms with Crippen molar-refractivity contribution < 1.29 is 57.0 Å². The first kappa shape index (κ1) is 42.1. The minimum absolute atomic E-state index is 0. The molecule has 5 amide bonds. The first-order valence-corrected chi connectivity index (χ1v) is 18.8. The number of nitrogens with zero attached hydrogens (tertiary/aromatic N) is 5. The van der Waals surface area contributed by atoms with Gasteiger partial charge in [-0.1, -0.05) is 37.0 Å². The molecule has 2 bridgehead atoms. The summed E-state index contributed by atoms with van der Waals surface area (Å²) in [7, 11) is -3.79. The third-order valence-electron chi connectivity index (χ3n) is 11.4. The molecule has 1 spiro atoms. The van der Waals surface area contributed by atoms with E-state index in [1.807, 2.05) is 0 Å². The number of fused-ring (bicyclic) bond motifs is 1. The molecule has 2 aromatic rings. The van der Waals surface area contributed by atoms with E-state index in [0.29, 0.717) is 33.8 Å². The first-order chi connectivity index (χ1) is 23.9. The number of hydrogen-bond acceptors (Lipinski definition) is 9. The number of carboxylic acid groups (broad SMARTS) is 1. The maximum atomic E-state index is 13.9. The summed E-state index contributed by atoms with van der Waals surface area (Å²) >= 11 is 11.6. The Morgan fingerprint density at radius 1 is 0.811 bits per heavy atom. The molecule has 280 valence electrons. The number of amides is 5. The van der Waals surface area contributed by atoms with Gasteiger partial charge in [0.1, 0.15) is 5.54 Å². The molecule has 5 atom stereocenters. The van der Waals surface area contributed by atoms with Crippen LogP contribution >= 0.6 is 23.2 Å². The van der Waals surface area contributed by atoms with Crippen LogP contribution in [0.1, 0.15) is 59.8 Å². The Hall–Kier alpha value is -3.65. The zero-order valence-corrected chi connectivity index (χ0v) is 32.2. The molecule has 2 aliphatic carbocycles. The van der Waals surface area contributed by atoms with Gasteiger partial charge in [-0.25, -0.2) is 27.1 Å². The molecule has 2 aromatic carbocycles. The third kappa shape index (κ3) is 7.05. The summed E-state index contributed by atoms with van der Waals surface area (Å²) in [6.07, 6.45) is 5.72. The maximum Gasteiger partial charge on any atom is 1.00 e. The number of hydrogen-bond donors (Lipinski definition) is 3. The number of sulfonamides is 1. The predicted octanol–water partition coefficient (Wildman–Crippen LogP) is 2.92. The molecule has 15 nitrogen and oxygen atoms in total. The van der Waals surface area contributed by atoms with E-state index in [9.17, 15) is 32.7 Å². The summed E-state index contributed by atoms with van der Waals surface area (Å²) in [5.41, 5.74) is -2.31. The summed E-state index contributed by atoms with van der Waals surface area (Å²) in [5.74, 6) is -1.29. The number of rotatable bonds is 4. The van der Waals surface area contributed by atoms with Crippen molar-refractivity contribution in [2.75, 3.05) is 16.4 Å². The average molecular weight is 785 g/mol. The van der Waals surface area contributed by atoms with Crippen LogP contribution in [0.15, 0.2) is 58.7 Å². The van der Waals surface area contributed by atoms with Crippen LogP contribution in [0.25, 0.3) is 0 Å². The number of carbonyl (C=O) groups excluding carboxylic acids is 3. The van der Waals surface area contributed by atoms with Crippen molar-refractivity contribution in [1.82, 2.24) is 14.3 Å². The third-order valence-corrected chi connectivity index (χ3v) is 13.8. The fraction of sp³-hybridized carbons (Fsp3) is 0.471. The molecular formula is C34H40Cl2LiN7O8S. The number of carbonyl (C=O) groups is 4. The number of aliphatic carboxylic acids is 1. The number of benzene rings is 2. The second-order valence-corrected chi connectivity index (χ2v) is 17.3. The van der Waals surface area contributed by atoms with Crippen LogP contribution in [-0.2, 0) is 19.6 Å². The van der Waals surface area contributed by atoms with Crippen molar-refractivity contribution in [3.8, 4) is 0 Å². The molecule has 0 aromatic heterocycles. The van der Waals surface area contributed by atoms with E-state index in [2.05, 4.69) is 34.7 Å². The Labute approximate surface area is 329 Å². The Kier molecular flexibility index (Phi) is 11.8. The minimum Gasteiger partial charge on any atom is -0.870 e. The predicted molar refractivity (Wildman–Crippen MR) is 195 cm³/mol. The van der Waals surface area contributed by atoms with Crippen LogP contribution < -0.4 is 29.5 Å². The normalized spacial score (nSPS) is 29.4. The van der Waals surface area contributed by atoms with Gasteiger partial charge in [0.15, 0.2) is 5.54 Å². The summed E-state index contributed by atoms with van der Waals surface area (Å²) < 4.78 is 27.8. The van der Waals surface area contributed by atoms with E-state index in [-0.39, 0.29) is 54.4 Å². The van der Waals surface area contributed by atoms with Gasteiger partial charge in [-0.3, -0.25) is 4.79 Å². The van der Waals surface area contributed by atoms with Crippen LogP contribution in [0, 0.1) is 16.7 Å². The van der Waals surface area contributed by atoms with Crippen molar-refractivity contribution in [2.24, 2.45) is 27.0 Å². The standard InChI is InChI=1S/C22H27ClN4O4S.C12H12ClN3O3.Li.H2O/c1-20(2)14-8-9-22(20)13-32(30,31)26(17(22)12-14)18(28)21(3)10-11-24-27(21)19(29)25-16-6-4-15(23)5-7-16;1-12(10(17)18)6-7-14-16(12)11(19)15-9-4-2-8(13)3-5-9;;/h4-7,11,14,17H,8-10,12-13H2,1-3H3,(H,25,29);2-5,7H,6H2,1H3,(H,15,19)(H,17,18);;1H2/q;;+1;/p-1/t14?,17-,21-,22-;12-;;/m11../s1. The second kappa shape index (κ2) is 14.9. The monoisotopic (exact) mass is 783 g/mol. The van der Waals surface area contributed by atoms with Crippen LogP contribution in [0.2, 0.25) is 10.0 Å². The molecule has 7 rings (SSSR count). The van der Waals surface area contributed by atoms with E-state index >= 15 is 0 Å². The van der Waals surface area contributed by atoms with E-state index in [0.717, 1.165) is 27.2 Å². The number of hydrazone groups is 2. The van der Waals surface area contributed by atoms with Crippen LogP contribution in [-0.4, -0.2) is 92.6 Å². The SMILES string of the molecule is CC1(C)C2CC[C@]13CS(=O)(=O)N(C(=O)[C@@]1(C)CC=NN1C(=O)Nc1ccc(Cl)cc1)[C@@H]3C2.C[C@]1(C(=O)O)CC=NN1C(=O)Nc1ccc(Cl)cc1.[Li+].[OH-]. The van der Waals surface area contributed by atoms with Crippen molar-refractivity contribution >= 4 is 81.0 Å². The van der Waals surface area contributed by atoms with Gasteiger partial charge in [-0.2, -0.15) is 20.2 Å². The van der Waals surface area contributed by atoms with Gasteiger partial charge in [0.05, 0.1) is 11.8 Å². The summed E-state index contributed by atoms with van der Waals surface area (Å²) in [6, 6.07) is 11.5. The first-order valence-electron chi connectivity index (χ1n) is 16.4. The molecule has 19 heteroatoms. The Balaban J connectivity index is 0.000000258. The molecule has 0 radical (unpaired) electrons. The number of nitrogens with one attached hydrogen (secondary N) is 2. The molecular weight excluding hydrogens is 744 g/mol. The number of carboxylic acids is 1. The van der Waals surface area contributed by atoms with E-state index < -0.39 is 50.5 Å². The summed E-state index contributed by atoms with van der Waals surface area (Å²) in [5, 5.41) is 25.5. The molecule has 1 saturated heterocycles. The number of anilines is 2. The average Bonchev–Trinajstić information content (AvgIpc) is 3.82. The molecule has 4 N–H and O–H groups in total. The van der Waals surface area contributed by atoms with E-state index in [4.69, 9.17) is 23.2 Å². The van der Waals surface area contributed by atoms with E-state index in [1.54, 1.807) is 55.5 Å². The summed E-state index contributed by atoms with van der Waals surface area (Å²) in [4.78, 5) is 50.1. The van der Waals surface area contributed by atoms with Gasteiger partial charge < -0.3 is 21.2 Å². The van der Waals surface area contributed by atoms with Crippen LogP contribution in [0.4, 0.5) is 21.0 Å². The zero-order valence-electron chi connectivity index (χ0n) is 29.9. The van der Waals surface area contributed by atoms with Gasteiger partial charge in [-0.05, 0) is 93.0 Å². The fourth-order valence-corrected chi connectivity index (χ4v) is 11.0. The van der Waals surface area contributed by atoms with Gasteiger partial charge in [0, 0.05) is 52.1 Å². The van der Waals surface area contributed by atoms with Crippen molar-refractivity contribution in [3.05, 3.63) is 58.6 Å². The van der Waals surface area contributed by atoms with Crippen LogP contribution in [0.5, 0.6) is 0 Å². The zero-order chi connectivity index (χ0) is 37.1. The molecule has 3 aliphatic heterocycles. The van der Waals surface area contributed by atoms with Crippen molar-refractivity contribution in [3.63, 3.8) is 0 Å². The fourth-order valence-electron chi connectivity index (χ4n) is 8.15. The van der Waals surface area contributed by atoms with Gasteiger partial charge in [0.2, 0.25) is 10.0 Å². The molecule has 3 fully saturated rings. The molecule has 3 heterocycles. The topological polar surface area (TPSA) is 211 Å². The van der Waals surface area contributed by atoms with Gasteiger partial charge >= 0.3 is 36.9 Å². The quantitative estimate of drug-likeness (QED) is 0.392. The van der Waals surface area contributed by atoms with Gasteiger partial charge in [-0.15, -0.1) is 0 Å². The van der Waals surface area contributed by atoms with Crippen molar-refractivity contribution in [1.29, 1.82) is 0 Å². The Morgan fingerprint density at radius 3 is 1.72 bits per heavy atom. The Bertz CT molecular complexity index is 1950. The summed E-state index contributed by atoms with van der Waals surface area (Å²) in [6.45, 7) is 7.31. The van der Waals surface area contributed by atoms with E-state index in [1.165, 1.54) is 19.4 Å². The van der Waals surface area contributed by atoms with Crippen molar-refractivity contribution in [2.45, 2.75) is 76.9 Å². The van der Waals surface area contributed by atoms with Gasteiger partial charge in [0.25, 0.3) is 5.91 Å². The molecule has 5 aliphatic rings. The maximum absolute atomic E-state index is 13.9. The number of urea groups is 2. The second-order valence-electron chi connectivity index (χ2n) is 14.6. The van der Waals surface area contributed by atoms with Crippen LogP contribution in [0.3, 0.4) is 0 Å². The molecule has 1 unspecified atom stereocenters. The Morgan fingerprint density at radius 2 is 1.26 bits per heavy atom. The molecule has 53 heavy (non-hydrogen) atoms. The molecule has 2 saturated carbocycles. The minimum atomic E-state index is -3.79. The largest absolute Gasteiger partial charge is 1.00 e.